The molecule has 0 spiro atoms. The van der Waals surface area contributed by atoms with Crippen molar-refractivity contribution in [3.8, 4) is 6.07 Å². The van der Waals surface area contributed by atoms with E-state index in [1.807, 2.05) is 0 Å². The number of aliphatic imine (C=N–C) groups is 1. The normalized spacial score (nSPS) is 20.7. The lowest BCUT2D eigenvalue weighted by molar-refractivity contribution is -0.147. The number of benzene rings is 1. The fourth-order valence-electron chi connectivity index (χ4n) is 3.73. The topological polar surface area (TPSA) is 98.0 Å². The number of rotatable bonds is 8. The lowest BCUT2D eigenvalue weighted by atomic mass is 9.74. The summed E-state index contributed by atoms with van der Waals surface area (Å²) in [4.78, 5) is 30.6. The van der Waals surface area contributed by atoms with E-state index in [1.165, 1.54) is 7.11 Å². The van der Waals surface area contributed by atoms with Crippen molar-refractivity contribution in [1.29, 1.82) is 5.26 Å². The van der Waals surface area contributed by atoms with Gasteiger partial charge in [-0.15, -0.1) is 0 Å². The summed E-state index contributed by atoms with van der Waals surface area (Å²) in [5.74, 6) is -2.36. The first-order chi connectivity index (χ1) is 14.9. The van der Waals surface area contributed by atoms with Gasteiger partial charge < -0.3 is 14.2 Å². The molecule has 3 rings (SSSR count). The largest absolute Gasteiger partial charge is 0.465 e. The molecule has 1 fully saturated rings. The number of halogens is 1. The van der Waals surface area contributed by atoms with E-state index in [2.05, 4.69) is 11.1 Å². The molecule has 2 unspecified atom stereocenters. The second kappa shape index (κ2) is 10.1. The van der Waals surface area contributed by atoms with Gasteiger partial charge in [-0.3, -0.25) is 9.79 Å². The summed E-state index contributed by atoms with van der Waals surface area (Å²) in [6.07, 6.45) is 2.08. The van der Waals surface area contributed by atoms with Gasteiger partial charge in [0, 0.05) is 24.4 Å². The third kappa shape index (κ3) is 5.15. The minimum atomic E-state index is -0.863. The van der Waals surface area contributed by atoms with Crippen molar-refractivity contribution in [1.82, 2.24) is 0 Å². The van der Waals surface area contributed by atoms with E-state index in [-0.39, 0.29) is 29.4 Å². The molecule has 8 heteroatoms. The summed E-state index contributed by atoms with van der Waals surface area (Å²) in [6, 6.07) is 7.09. The highest BCUT2D eigenvalue weighted by atomic mass is 35.5. The van der Waals surface area contributed by atoms with Crippen LogP contribution < -0.4 is 0 Å². The second-order valence-electron chi connectivity index (χ2n) is 7.73. The van der Waals surface area contributed by atoms with Crippen molar-refractivity contribution in [3.63, 3.8) is 0 Å². The van der Waals surface area contributed by atoms with Crippen molar-refractivity contribution < 1.29 is 23.8 Å². The molecule has 0 amide bonds. The number of hydrogen-bond acceptors (Lipinski definition) is 7. The maximum Gasteiger partial charge on any atom is 0.336 e. The number of carbonyl (C=O) groups excluding carboxylic acids is 2. The van der Waals surface area contributed by atoms with Crippen LogP contribution in [0.25, 0.3) is 0 Å². The van der Waals surface area contributed by atoms with Gasteiger partial charge in [0.2, 0.25) is 0 Å². The molecule has 1 aliphatic carbocycles. The van der Waals surface area contributed by atoms with Gasteiger partial charge >= 0.3 is 11.9 Å². The molecule has 0 radical (unpaired) electrons. The first kappa shape index (κ1) is 23.0. The number of esters is 2. The van der Waals surface area contributed by atoms with E-state index in [9.17, 15) is 14.9 Å². The fraction of sp³-hybridized carbons (Fsp3) is 0.478. The van der Waals surface area contributed by atoms with E-state index in [0.717, 1.165) is 12.8 Å². The lowest BCUT2D eigenvalue weighted by Gasteiger charge is -2.32. The molecule has 1 saturated carbocycles. The van der Waals surface area contributed by atoms with Gasteiger partial charge in [0.1, 0.15) is 18.6 Å². The molecule has 164 valence electrons. The molecule has 1 aromatic rings. The zero-order valence-corrected chi connectivity index (χ0v) is 18.6. The highest BCUT2D eigenvalue weighted by Crippen LogP contribution is 2.42. The first-order valence-corrected chi connectivity index (χ1v) is 10.5. The lowest BCUT2D eigenvalue weighted by Crippen LogP contribution is -2.37. The maximum absolute atomic E-state index is 13.1. The van der Waals surface area contributed by atoms with Crippen LogP contribution >= 0.6 is 11.6 Å². The Hall–Kier alpha value is -2.69. The minimum Gasteiger partial charge on any atom is -0.465 e. The fourth-order valence-corrected chi connectivity index (χ4v) is 3.96. The monoisotopic (exact) mass is 444 g/mol. The second-order valence-corrected chi connectivity index (χ2v) is 8.13. The zero-order valence-electron chi connectivity index (χ0n) is 17.8. The Kier molecular flexibility index (Phi) is 7.47. The van der Waals surface area contributed by atoms with Gasteiger partial charge in [-0.05, 0) is 44.2 Å². The molecule has 0 saturated heterocycles. The van der Waals surface area contributed by atoms with Gasteiger partial charge in [-0.25, -0.2) is 4.79 Å². The van der Waals surface area contributed by atoms with E-state index >= 15 is 0 Å². The van der Waals surface area contributed by atoms with Crippen LogP contribution in [0.15, 0.2) is 34.5 Å². The molecule has 2 aliphatic rings. The summed E-state index contributed by atoms with van der Waals surface area (Å²) in [5.41, 5.74) is 1.84. The van der Waals surface area contributed by atoms with Crippen molar-refractivity contribution >= 4 is 29.3 Å². The van der Waals surface area contributed by atoms with Crippen molar-refractivity contribution in [3.05, 3.63) is 45.6 Å². The third-order valence-corrected chi connectivity index (χ3v) is 5.79. The van der Waals surface area contributed by atoms with Crippen LogP contribution in [0.3, 0.4) is 0 Å². The molecule has 7 nitrogen and oxygen atoms in total. The predicted octanol–water partition coefficient (Wildman–Crippen LogP) is 3.80. The van der Waals surface area contributed by atoms with Crippen LogP contribution in [0.4, 0.5) is 0 Å². The predicted molar refractivity (Wildman–Crippen MR) is 115 cm³/mol. The van der Waals surface area contributed by atoms with Gasteiger partial charge in [0.15, 0.2) is 0 Å². The Bertz CT molecular complexity index is 975. The minimum absolute atomic E-state index is 0.0545. The molecule has 1 aromatic carbocycles. The van der Waals surface area contributed by atoms with Crippen LogP contribution in [-0.4, -0.2) is 44.6 Å². The SMILES string of the molecule is COCCOC(=O)C1=C(C)N=C(C)C(C(=O)OCC2CC2)C1c1cccc(Cl)c1C#N. The Morgan fingerprint density at radius 1 is 1.23 bits per heavy atom. The Morgan fingerprint density at radius 2 is 1.97 bits per heavy atom. The smallest absolute Gasteiger partial charge is 0.336 e. The summed E-state index contributed by atoms with van der Waals surface area (Å²) < 4.78 is 15.9. The van der Waals surface area contributed by atoms with Crippen LogP contribution in [0.1, 0.15) is 43.7 Å². The Morgan fingerprint density at radius 3 is 2.61 bits per heavy atom. The number of carbonyl (C=O) groups is 2. The number of nitriles is 1. The molecule has 0 bridgehead atoms. The summed E-state index contributed by atoms with van der Waals surface area (Å²) >= 11 is 6.27. The number of hydrogen-bond donors (Lipinski definition) is 0. The van der Waals surface area contributed by atoms with E-state index in [0.29, 0.717) is 29.5 Å². The molecule has 1 heterocycles. The zero-order chi connectivity index (χ0) is 22.5. The maximum atomic E-state index is 13.1. The van der Waals surface area contributed by atoms with Gasteiger partial charge in [0.05, 0.1) is 29.4 Å². The molecule has 1 aliphatic heterocycles. The number of methoxy groups -OCH3 is 1. The number of nitrogens with zero attached hydrogens (tertiary/aromatic N) is 2. The molecule has 31 heavy (non-hydrogen) atoms. The van der Waals surface area contributed by atoms with E-state index in [1.54, 1.807) is 32.0 Å². The highest BCUT2D eigenvalue weighted by Gasteiger charge is 2.44. The first-order valence-electron chi connectivity index (χ1n) is 10.2. The Labute approximate surface area is 186 Å². The average molecular weight is 445 g/mol. The van der Waals surface area contributed by atoms with E-state index in [4.69, 9.17) is 25.8 Å². The summed E-state index contributed by atoms with van der Waals surface area (Å²) in [5, 5.41) is 9.98. The third-order valence-electron chi connectivity index (χ3n) is 5.47. The molecular weight excluding hydrogens is 420 g/mol. The number of allylic oxidation sites excluding steroid dienone is 1. The van der Waals surface area contributed by atoms with Gasteiger partial charge in [0.25, 0.3) is 0 Å². The average Bonchev–Trinajstić information content (AvgIpc) is 3.56. The van der Waals surface area contributed by atoms with Gasteiger partial charge in [-0.2, -0.15) is 5.26 Å². The molecule has 0 N–H and O–H groups in total. The van der Waals surface area contributed by atoms with Gasteiger partial charge in [-0.1, -0.05) is 23.7 Å². The summed E-state index contributed by atoms with van der Waals surface area (Å²) in [6.45, 7) is 4.04. The molecular formula is C23H25ClN2O5. The quantitative estimate of drug-likeness (QED) is 0.446. The van der Waals surface area contributed by atoms with E-state index < -0.39 is 23.8 Å². The Balaban J connectivity index is 2.07. The van der Waals surface area contributed by atoms with Crippen LogP contribution in [0.5, 0.6) is 0 Å². The van der Waals surface area contributed by atoms with Crippen molar-refractivity contribution in [2.75, 3.05) is 26.9 Å². The van der Waals surface area contributed by atoms with Crippen molar-refractivity contribution in [2.24, 2.45) is 16.8 Å². The number of ether oxygens (including phenoxy) is 3. The molecule has 0 aromatic heterocycles. The highest BCUT2D eigenvalue weighted by molar-refractivity contribution is 6.31. The van der Waals surface area contributed by atoms with Crippen LogP contribution in [0, 0.1) is 23.2 Å². The molecule has 2 atom stereocenters. The summed E-state index contributed by atoms with van der Waals surface area (Å²) in [7, 11) is 1.51. The standard InChI is InChI=1S/C23H25ClN2O5/c1-13-19(22(27)30-10-9-29-3)21(16-5-4-6-18(24)17(16)11-25)20(14(2)26-13)23(28)31-12-15-7-8-15/h4-6,15,20-21H,7-10,12H2,1-3H3. The van der Waals surface area contributed by atoms with Crippen LogP contribution in [0.2, 0.25) is 5.02 Å². The van der Waals surface area contributed by atoms with Crippen molar-refractivity contribution in [2.45, 2.75) is 32.6 Å². The van der Waals surface area contributed by atoms with Crippen LogP contribution in [-0.2, 0) is 23.8 Å².